The molecule has 30 heavy (non-hydrogen) atoms. The lowest BCUT2D eigenvalue weighted by atomic mass is 10.2. The summed E-state index contributed by atoms with van der Waals surface area (Å²) in [7, 11) is -2.10. The molecule has 0 heterocycles. The van der Waals surface area contributed by atoms with Gasteiger partial charge in [0.15, 0.2) is 0 Å². The number of thioether (sulfide) groups is 1. The lowest BCUT2D eigenvalue weighted by Gasteiger charge is -2.09. The maximum Gasteiger partial charge on any atom is 0.261 e. The van der Waals surface area contributed by atoms with Crippen LogP contribution in [-0.4, -0.2) is 28.0 Å². The summed E-state index contributed by atoms with van der Waals surface area (Å²) < 4.78 is 32.7. The number of hydrogen-bond acceptors (Lipinski definition) is 6. The minimum absolute atomic E-state index is 0.200. The Bertz CT molecular complexity index is 1080. The molecule has 3 rings (SSSR count). The molecule has 0 aromatic heterocycles. The number of benzene rings is 3. The SMILES string of the molecule is COc1ccc(NS(=O)(=O)c2ccc(CC=NNc3ccc(SC)cc3)cc2)cc1. The van der Waals surface area contributed by atoms with Crippen molar-refractivity contribution in [3.05, 3.63) is 78.4 Å². The van der Waals surface area contributed by atoms with Crippen LogP contribution in [0.5, 0.6) is 5.75 Å². The minimum Gasteiger partial charge on any atom is -0.497 e. The Hall–Kier alpha value is -2.97. The highest BCUT2D eigenvalue weighted by Crippen LogP contribution is 2.20. The smallest absolute Gasteiger partial charge is 0.261 e. The zero-order chi connectivity index (χ0) is 21.4. The van der Waals surface area contributed by atoms with Gasteiger partial charge in [-0.05, 0) is 72.5 Å². The van der Waals surface area contributed by atoms with Crippen molar-refractivity contribution < 1.29 is 13.2 Å². The van der Waals surface area contributed by atoms with Gasteiger partial charge < -0.3 is 4.74 Å². The lowest BCUT2D eigenvalue weighted by Crippen LogP contribution is -2.12. The number of methoxy groups -OCH3 is 1. The first-order chi connectivity index (χ1) is 14.5. The highest BCUT2D eigenvalue weighted by Gasteiger charge is 2.14. The minimum atomic E-state index is -3.66. The second kappa shape index (κ2) is 10.2. The molecule has 6 nitrogen and oxygen atoms in total. The number of hydrogen-bond donors (Lipinski definition) is 2. The molecular weight excluding hydrogens is 418 g/mol. The predicted molar refractivity (Wildman–Crippen MR) is 124 cm³/mol. The van der Waals surface area contributed by atoms with E-state index < -0.39 is 10.0 Å². The summed E-state index contributed by atoms with van der Waals surface area (Å²) in [6, 6.07) is 21.4. The van der Waals surface area contributed by atoms with E-state index in [-0.39, 0.29) is 4.90 Å². The van der Waals surface area contributed by atoms with Crippen LogP contribution >= 0.6 is 11.8 Å². The predicted octanol–water partition coefficient (Wildman–Crippen LogP) is 4.86. The van der Waals surface area contributed by atoms with Crippen molar-refractivity contribution in [1.82, 2.24) is 0 Å². The zero-order valence-corrected chi connectivity index (χ0v) is 18.3. The van der Waals surface area contributed by atoms with E-state index in [9.17, 15) is 8.42 Å². The monoisotopic (exact) mass is 441 g/mol. The number of hydrazone groups is 1. The van der Waals surface area contributed by atoms with E-state index in [1.165, 1.54) is 4.90 Å². The Labute approximate surface area is 181 Å². The number of ether oxygens (including phenoxy) is 1. The second-order valence-electron chi connectivity index (χ2n) is 6.33. The van der Waals surface area contributed by atoms with Crippen LogP contribution < -0.4 is 14.9 Å². The molecule has 0 fully saturated rings. The normalized spacial score (nSPS) is 11.4. The fourth-order valence-corrected chi connectivity index (χ4v) is 4.08. The quantitative estimate of drug-likeness (QED) is 0.282. The Morgan fingerprint density at radius 3 is 2.17 bits per heavy atom. The standard InChI is InChI=1S/C22H23N3O3S2/c1-28-20-9-5-19(6-10-20)25-30(26,27)22-13-3-17(4-14-22)15-16-23-24-18-7-11-21(29-2)12-8-18/h3-14,16,24-25H,15H2,1-2H3. The molecule has 0 saturated heterocycles. The van der Waals surface area contributed by atoms with E-state index in [2.05, 4.69) is 15.2 Å². The maximum absolute atomic E-state index is 12.6. The van der Waals surface area contributed by atoms with Gasteiger partial charge in [0.1, 0.15) is 5.75 Å². The van der Waals surface area contributed by atoms with Crippen molar-refractivity contribution in [3.8, 4) is 5.75 Å². The van der Waals surface area contributed by atoms with Gasteiger partial charge in [-0.2, -0.15) is 5.10 Å². The number of nitrogens with one attached hydrogen (secondary N) is 2. The Kier molecular flexibility index (Phi) is 7.37. The van der Waals surface area contributed by atoms with Crippen LogP contribution in [0.1, 0.15) is 5.56 Å². The van der Waals surface area contributed by atoms with E-state index in [4.69, 9.17) is 4.74 Å². The van der Waals surface area contributed by atoms with Gasteiger partial charge >= 0.3 is 0 Å². The summed E-state index contributed by atoms with van der Waals surface area (Å²) >= 11 is 1.69. The molecule has 3 aromatic rings. The molecule has 0 aliphatic rings. The highest BCUT2D eigenvalue weighted by atomic mass is 32.2. The summed E-state index contributed by atoms with van der Waals surface area (Å²) in [5.74, 6) is 0.662. The van der Waals surface area contributed by atoms with E-state index in [0.29, 0.717) is 17.9 Å². The first-order valence-corrected chi connectivity index (χ1v) is 11.9. The van der Waals surface area contributed by atoms with Gasteiger partial charge in [-0.25, -0.2) is 8.42 Å². The molecule has 0 amide bonds. The van der Waals surface area contributed by atoms with Gasteiger partial charge in [0.2, 0.25) is 0 Å². The van der Waals surface area contributed by atoms with Crippen LogP contribution in [0, 0.1) is 0 Å². The third-order valence-corrected chi connectivity index (χ3v) is 6.42. The zero-order valence-electron chi connectivity index (χ0n) is 16.7. The molecule has 0 unspecified atom stereocenters. The molecule has 156 valence electrons. The Morgan fingerprint density at radius 2 is 1.57 bits per heavy atom. The molecule has 0 bridgehead atoms. The number of sulfonamides is 1. The molecule has 0 aliphatic heterocycles. The van der Waals surface area contributed by atoms with Crippen LogP contribution in [0.4, 0.5) is 11.4 Å². The van der Waals surface area contributed by atoms with Gasteiger partial charge in [-0.3, -0.25) is 10.1 Å². The summed E-state index contributed by atoms with van der Waals surface area (Å²) in [5.41, 5.74) is 5.33. The van der Waals surface area contributed by atoms with Gasteiger partial charge in [-0.1, -0.05) is 12.1 Å². The first kappa shape index (κ1) is 21.7. The maximum atomic E-state index is 12.6. The van der Waals surface area contributed by atoms with Gasteiger partial charge in [0.05, 0.1) is 17.7 Å². The molecule has 8 heteroatoms. The van der Waals surface area contributed by atoms with Crippen LogP contribution in [0.3, 0.4) is 0 Å². The van der Waals surface area contributed by atoms with Gasteiger partial charge in [0, 0.05) is 23.2 Å². The average Bonchev–Trinajstić information content (AvgIpc) is 2.78. The van der Waals surface area contributed by atoms with Crippen molar-refractivity contribution in [2.24, 2.45) is 5.10 Å². The van der Waals surface area contributed by atoms with Gasteiger partial charge in [0.25, 0.3) is 10.0 Å². The highest BCUT2D eigenvalue weighted by molar-refractivity contribution is 7.98. The molecule has 2 N–H and O–H groups in total. The largest absolute Gasteiger partial charge is 0.497 e. The average molecular weight is 442 g/mol. The van der Waals surface area contributed by atoms with Crippen molar-refractivity contribution in [2.75, 3.05) is 23.5 Å². The molecular formula is C22H23N3O3S2. The summed E-state index contributed by atoms with van der Waals surface area (Å²) in [5, 5.41) is 4.21. The van der Waals surface area contributed by atoms with Crippen molar-refractivity contribution in [1.29, 1.82) is 0 Å². The van der Waals surface area contributed by atoms with E-state index in [1.54, 1.807) is 73.6 Å². The van der Waals surface area contributed by atoms with Crippen LogP contribution in [-0.2, 0) is 16.4 Å². The fourth-order valence-electron chi connectivity index (χ4n) is 2.61. The van der Waals surface area contributed by atoms with Crippen molar-refractivity contribution >= 4 is 39.4 Å². The topological polar surface area (TPSA) is 79.8 Å². The second-order valence-corrected chi connectivity index (χ2v) is 8.90. The summed E-state index contributed by atoms with van der Waals surface area (Å²) in [4.78, 5) is 1.40. The van der Waals surface area contributed by atoms with Crippen molar-refractivity contribution in [2.45, 2.75) is 16.2 Å². The number of anilines is 2. The van der Waals surface area contributed by atoms with E-state index >= 15 is 0 Å². The lowest BCUT2D eigenvalue weighted by molar-refractivity contribution is 0.415. The molecule has 3 aromatic carbocycles. The molecule has 0 spiro atoms. The van der Waals surface area contributed by atoms with Gasteiger partial charge in [-0.15, -0.1) is 11.8 Å². The molecule has 0 radical (unpaired) electrons. The molecule has 0 aliphatic carbocycles. The number of nitrogens with zero attached hydrogens (tertiary/aromatic N) is 1. The fraction of sp³-hybridized carbons (Fsp3) is 0.136. The molecule has 0 atom stereocenters. The van der Waals surface area contributed by atoms with E-state index in [0.717, 1.165) is 11.3 Å². The van der Waals surface area contributed by atoms with E-state index in [1.807, 2.05) is 30.5 Å². The van der Waals surface area contributed by atoms with Crippen LogP contribution in [0.25, 0.3) is 0 Å². The van der Waals surface area contributed by atoms with Crippen LogP contribution in [0.2, 0.25) is 0 Å². The molecule has 0 saturated carbocycles. The number of rotatable bonds is 9. The van der Waals surface area contributed by atoms with Crippen molar-refractivity contribution in [3.63, 3.8) is 0 Å². The Balaban J connectivity index is 1.56. The first-order valence-electron chi connectivity index (χ1n) is 9.17. The Morgan fingerprint density at radius 1 is 0.933 bits per heavy atom. The summed E-state index contributed by atoms with van der Waals surface area (Å²) in [6.07, 6.45) is 4.37. The summed E-state index contributed by atoms with van der Waals surface area (Å²) in [6.45, 7) is 0. The third kappa shape index (κ3) is 6.01. The third-order valence-electron chi connectivity index (χ3n) is 4.28. The van der Waals surface area contributed by atoms with Crippen LogP contribution in [0.15, 0.2) is 87.7 Å².